The molecule has 1 aliphatic rings. The zero-order chi connectivity index (χ0) is 14.8. The minimum absolute atomic E-state index is 0.0396. The van der Waals surface area contributed by atoms with Crippen molar-refractivity contribution in [3.63, 3.8) is 0 Å². The molecule has 3 N–H and O–H groups in total. The first-order valence-electron chi connectivity index (χ1n) is 7.24. The third kappa shape index (κ3) is 3.31. The van der Waals surface area contributed by atoms with E-state index in [-0.39, 0.29) is 23.5 Å². The summed E-state index contributed by atoms with van der Waals surface area (Å²) in [6.07, 6.45) is 1.94. The zero-order valence-electron chi connectivity index (χ0n) is 12.5. The van der Waals surface area contributed by atoms with Crippen LogP contribution < -0.4 is 15.8 Å². The second kappa shape index (κ2) is 5.83. The van der Waals surface area contributed by atoms with E-state index < -0.39 is 0 Å². The number of hydrogen-bond acceptors (Lipinski definition) is 3. The maximum Gasteiger partial charge on any atom is 0.227 e. The van der Waals surface area contributed by atoms with Crippen molar-refractivity contribution in [2.45, 2.75) is 45.8 Å². The Labute approximate surface area is 120 Å². The summed E-state index contributed by atoms with van der Waals surface area (Å²) in [5.41, 5.74) is 6.42. The monoisotopic (exact) mass is 276 g/mol. The van der Waals surface area contributed by atoms with Gasteiger partial charge >= 0.3 is 0 Å². The molecule has 1 aromatic carbocycles. The Morgan fingerprint density at radius 2 is 2.10 bits per heavy atom. The van der Waals surface area contributed by atoms with Gasteiger partial charge in [-0.15, -0.1) is 0 Å². The van der Waals surface area contributed by atoms with Crippen LogP contribution in [-0.2, 0) is 4.79 Å². The lowest BCUT2D eigenvalue weighted by atomic mass is 10.0. The third-order valence-electron chi connectivity index (χ3n) is 3.80. The van der Waals surface area contributed by atoms with E-state index in [0.29, 0.717) is 6.54 Å². The van der Waals surface area contributed by atoms with Crippen LogP contribution >= 0.6 is 0 Å². The van der Waals surface area contributed by atoms with E-state index >= 15 is 0 Å². The summed E-state index contributed by atoms with van der Waals surface area (Å²) in [5, 5.41) is 3.06. The normalized spacial score (nSPS) is 17.6. The lowest BCUT2D eigenvalue weighted by Gasteiger charge is -2.19. The average Bonchev–Trinajstić information content (AvgIpc) is 3.19. The molecule has 20 heavy (non-hydrogen) atoms. The van der Waals surface area contributed by atoms with Gasteiger partial charge in [0.25, 0.3) is 0 Å². The quantitative estimate of drug-likeness (QED) is 0.838. The van der Waals surface area contributed by atoms with Gasteiger partial charge in [-0.3, -0.25) is 4.79 Å². The van der Waals surface area contributed by atoms with Crippen LogP contribution in [0.2, 0.25) is 0 Å². The fourth-order valence-corrected chi connectivity index (χ4v) is 2.24. The van der Waals surface area contributed by atoms with Crippen LogP contribution in [0.1, 0.15) is 45.2 Å². The van der Waals surface area contributed by atoms with Crippen LogP contribution in [0.15, 0.2) is 24.3 Å². The highest BCUT2D eigenvalue weighted by Crippen LogP contribution is 2.45. The topological polar surface area (TPSA) is 64.3 Å². The molecule has 1 fully saturated rings. The van der Waals surface area contributed by atoms with Crippen LogP contribution in [0, 0.1) is 5.41 Å². The molecule has 1 amide bonds. The number of hydrogen-bond donors (Lipinski definition) is 2. The second-order valence-electron chi connectivity index (χ2n) is 5.92. The van der Waals surface area contributed by atoms with Gasteiger partial charge in [-0.2, -0.15) is 0 Å². The first kappa shape index (κ1) is 14.9. The molecule has 0 spiro atoms. The Bertz CT molecular complexity index is 481. The first-order chi connectivity index (χ1) is 9.47. The van der Waals surface area contributed by atoms with Gasteiger partial charge in [0.15, 0.2) is 0 Å². The molecule has 0 heterocycles. The standard InChI is InChI=1S/C16H24N2O2/c1-11(2)20-14-6-4-5-13(9-14)12(3)18-15(19)16(10-17)7-8-16/h4-6,9,11-12H,7-8,10,17H2,1-3H3,(H,18,19). The number of nitrogens with two attached hydrogens (primary N) is 1. The SMILES string of the molecule is CC(C)Oc1cccc(C(C)NC(=O)C2(CN)CC2)c1. The molecule has 1 aromatic rings. The molecule has 0 aromatic heterocycles. The van der Waals surface area contributed by atoms with Gasteiger partial charge in [0.05, 0.1) is 17.6 Å². The Kier molecular flexibility index (Phi) is 4.33. The van der Waals surface area contributed by atoms with E-state index in [2.05, 4.69) is 5.32 Å². The summed E-state index contributed by atoms with van der Waals surface area (Å²) in [6, 6.07) is 7.82. The van der Waals surface area contributed by atoms with Gasteiger partial charge in [0.1, 0.15) is 5.75 Å². The van der Waals surface area contributed by atoms with E-state index in [0.717, 1.165) is 24.2 Å². The molecule has 0 saturated heterocycles. The van der Waals surface area contributed by atoms with Gasteiger partial charge in [-0.25, -0.2) is 0 Å². The molecule has 1 unspecified atom stereocenters. The zero-order valence-corrected chi connectivity index (χ0v) is 12.5. The average molecular weight is 276 g/mol. The molecule has 4 heteroatoms. The van der Waals surface area contributed by atoms with Crippen molar-refractivity contribution in [1.82, 2.24) is 5.32 Å². The van der Waals surface area contributed by atoms with Crippen molar-refractivity contribution in [3.05, 3.63) is 29.8 Å². The fraction of sp³-hybridized carbons (Fsp3) is 0.562. The Balaban J connectivity index is 2.02. The number of amides is 1. The summed E-state index contributed by atoms with van der Waals surface area (Å²) in [7, 11) is 0. The molecule has 1 saturated carbocycles. The lowest BCUT2D eigenvalue weighted by Crippen LogP contribution is -2.37. The van der Waals surface area contributed by atoms with Crippen molar-refractivity contribution in [3.8, 4) is 5.75 Å². The number of ether oxygens (including phenoxy) is 1. The van der Waals surface area contributed by atoms with E-state index in [1.54, 1.807) is 0 Å². The van der Waals surface area contributed by atoms with Gasteiger partial charge in [0, 0.05) is 6.54 Å². The van der Waals surface area contributed by atoms with Crippen molar-refractivity contribution < 1.29 is 9.53 Å². The number of carbonyl (C=O) groups is 1. The van der Waals surface area contributed by atoms with Crippen LogP contribution in [-0.4, -0.2) is 18.6 Å². The highest BCUT2D eigenvalue weighted by molar-refractivity contribution is 5.85. The maximum absolute atomic E-state index is 12.2. The molecule has 0 aliphatic heterocycles. The predicted molar refractivity (Wildman–Crippen MR) is 79.5 cm³/mol. The maximum atomic E-state index is 12.2. The molecule has 0 radical (unpaired) electrons. The van der Waals surface area contributed by atoms with Gasteiger partial charge in [0.2, 0.25) is 5.91 Å². The van der Waals surface area contributed by atoms with Gasteiger partial charge in [-0.1, -0.05) is 12.1 Å². The van der Waals surface area contributed by atoms with Gasteiger partial charge < -0.3 is 15.8 Å². The van der Waals surface area contributed by atoms with Gasteiger partial charge in [-0.05, 0) is 51.3 Å². The van der Waals surface area contributed by atoms with Crippen LogP contribution in [0.3, 0.4) is 0 Å². The van der Waals surface area contributed by atoms with E-state index in [4.69, 9.17) is 10.5 Å². The highest BCUT2D eigenvalue weighted by Gasteiger charge is 2.48. The minimum atomic E-state index is -0.305. The molecular weight excluding hydrogens is 252 g/mol. The number of rotatable bonds is 6. The number of benzene rings is 1. The Morgan fingerprint density at radius 1 is 1.40 bits per heavy atom. The summed E-state index contributed by atoms with van der Waals surface area (Å²) in [4.78, 5) is 12.2. The molecule has 1 atom stereocenters. The molecule has 1 aliphatic carbocycles. The first-order valence-corrected chi connectivity index (χ1v) is 7.24. The van der Waals surface area contributed by atoms with Crippen LogP contribution in [0.5, 0.6) is 5.75 Å². The molecule has 4 nitrogen and oxygen atoms in total. The summed E-state index contributed by atoms with van der Waals surface area (Å²) < 4.78 is 5.68. The second-order valence-corrected chi connectivity index (χ2v) is 5.92. The largest absolute Gasteiger partial charge is 0.491 e. The number of nitrogens with one attached hydrogen (secondary N) is 1. The van der Waals surface area contributed by atoms with Crippen LogP contribution in [0.25, 0.3) is 0 Å². The van der Waals surface area contributed by atoms with E-state index in [1.807, 2.05) is 45.0 Å². The number of carbonyl (C=O) groups excluding carboxylic acids is 1. The van der Waals surface area contributed by atoms with Crippen molar-refractivity contribution in [2.24, 2.45) is 11.1 Å². The fourth-order valence-electron chi connectivity index (χ4n) is 2.24. The van der Waals surface area contributed by atoms with E-state index in [1.165, 1.54) is 0 Å². The molecule has 2 rings (SSSR count). The lowest BCUT2D eigenvalue weighted by molar-refractivity contribution is -0.126. The Hall–Kier alpha value is -1.55. The minimum Gasteiger partial charge on any atom is -0.491 e. The highest BCUT2D eigenvalue weighted by atomic mass is 16.5. The van der Waals surface area contributed by atoms with E-state index in [9.17, 15) is 4.79 Å². The molecule has 0 bridgehead atoms. The van der Waals surface area contributed by atoms with Crippen molar-refractivity contribution in [2.75, 3.05) is 6.54 Å². The summed E-state index contributed by atoms with van der Waals surface area (Å²) in [6.45, 7) is 6.41. The Morgan fingerprint density at radius 3 is 2.65 bits per heavy atom. The molecule has 110 valence electrons. The molecular formula is C16H24N2O2. The van der Waals surface area contributed by atoms with Crippen molar-refractivity contribution >= 4 is 5.91 Å². The van der Waals surface area contributed by atoms with Crippen molar-refractivity contribution in [1.29, 1.82) is 0 Å². The predicted octanol–water partition coefficient (Wildman–Crippen LogP) is 2.39. The third-order valence-corrected chi connectivity index (χ3v) is 3.80. The summed E-state index contributed by atoms with van der Waals surface area (Å²) in [5.74, 6) is 0.904. The summed E-state index contributed by atoms with van der Waals surface area (Å²) >= 11 is 0. The smallest absolute Gasteiger partial charge is 0.227 e. The van der Waals surface area contributed by atoms with Crippen LogP contribution in [0.4, 0.5) is 0 Å².